The third kappa shape index (κ3) is 2.73. The van der Waals surface area contributed by atoms with Crippen LogP contribution in [0.3, 0.4) is 0 Å². The van der Waals surface area contributed by atoms with Crippen molar-refractivity contribution in [1.29, 1.82) is 0 Å². The SMILES string of the molecule is CCCCCCn1c(C2CCCO2)nc2ccccc21. The van der Waals surface area contributed by atoms with Gasteiger partial charge in [0.15, 0.2) is 0 Å². The lowest BCUT2D eigenvalue weighted by atomic mass is 10.2. The van der Waals surface area contributed by atoms with Gasteiger partial charge in [-0.15, -0.1) is 0 Å². The van der Waals surface area contributed by atoms with Gasteiger partial charge in [-0.1, -0.05) is 38.3 Å². The predicted molar refractivity (Wildman–Crippen MR) is 81.8 cm³/mol. The highest BCUT2D eigenvalue weighted by Crippen LogP contribution is 2.30. The molecule has 1 aliphatic rings. The van der Waals surface area contributed by atoms with Crippen LogP contribution in [0.5, 0.6) is 0 Å². The summed E-state index contributed by atoms with van der Waals surface area (Å²) in [6, 6.07) is 8.46. The monoisotopic (exact) mass is 272 g/mol. The molecule has 0 saturated carbocycles. The number of aromatic nitrogens is 2. The number of fused-ring (bicyclic) bond motifs is 1. The second kappa shape index (κ2) is 6.40. The molecule has 0 radical (unpaired) electrons. The van der Waals surface area contributed by atoms with Crippen molar-refractivity contribution < 1.29 is 4.74 Å². The number of para-hydroxylation sites is 2. The standard InChI is InChI=1S/C17H24N2O/c1-2-3-4-7-12-19-15-10-6-5-9-14(15)18-17(19)16-11-8-13-20-16/h5-6,9-10,16H,2-4,7-8,11-13H2,1H3. The molecule has 1 fully saturated rings. The molecule has 3 rings (SSSR count). The van der Waals surface area contributed by atoms with E-state index >= 15 is 0 Å². The Balaban J connectivity index is 1.87. The first kappa shape index (κ1) is 13.6. The van der Waals surface area contributed by atoms with Gasteiger partial charge >= 0.3 is 0 Å². The highest BCUT2D eigenvalue weighted by molar-refractivity contribution is 5.76. The Morgan fingerprint density at radius 2 is 2.15 bits per heavy atom. The number of nitrogens with zero attached hydrogens (tertiary/aromatic N) is 2. The Bertz CT molecular complexity index is 555. The molecule has 1 atom stereocenters. The molecule has 3 heteroatoms. The molecule has 0 aliphatic carbocycles. The van der Waals surface area contributed by atoms with Crippen molar-refractivity contribution >= 4 is 11.0 Å². The van der Waals surface area contributed by atoms with Crippen molar-refractivity contribution in [2.75, 3.05) is 6.61 Å². The Hall–Kier alpha value is -1.35. The van der Waals surface area contributed by atoms with E-state index in [-0.39, 0.29) is 6.10 Å². The summed E-state index contributed by atoms with van der Waals surface area (Å²) in [6.45, 7) is 4.20. The first-order valence-electron chi connectivity index (χ1n) is 7.97. The van der Waals surface area contributed by atoms with E-state index in [1.54, 1.807) is 0 Å². The minimum Gasteiger partial charge on any atom is -0.370 e. The topological polar surface area (TPSA) is 27.1 Å². The highest BCUT2D eigenvalue weighted by Gasteiger charge is 2.24. The zero-order valence-electron chi connectivity index (χ0n) is 12.3. The Morgan fingerprint density at radius 1 is 1.25 bits per heavy atom. The average Bonchev–Trinajstić information content (AvgIpc) is 3.11. The van der Waals surface area contributed by atoms with E-state index in [1.807, 2.05) is 0 Å². The first-order valence-corrected chi connectivity index (χ1v) is 7.97. The van der Waals surface area contributed by atoms with E-state index in [2.05, 4.69) is 35.8 Å². The van der Waals surface area contributed by atoms with Gasteiger partial charge in [-0.05, 0) is 31.4 Å². The molecule has 2 aromatic rings. The Labute approximate surface area is 121 Å². The zero-order chi connectivity index (χ0) is 13.8. The molecular weight excluding hydrogens is 248 g/mol. The number of aryl methyl sites for hydroxylation is 1. The van der Waals surface area contributed by atoms with E-state index in [9.17, 15) is 0 Å². The molecule has 0 amide bonds. The molecule has 0 bridgehead atoms. The van der Waals surface area contributed by atoms with Crippen molar-refractivity contribution in [3.8, 4) is 0 Å². The fourth-order valence-electron chi connectivity index (χ4n) is 3.05. The summed E-state index contributed by atoms with van der Waals surface area (Å²) in [5.74, 6) is 1.14. The molecular formula is C17H24N2O. The van der Waals surface area contributed by atoms with Gasteiger partial charge < -0.3 is 9.30 Å². The molecule has 3 nitrogen and oxygen atoms in total. The lowest BCUT2D eigenvalue weighted by Gasteiger charge is -2.13. The lowest BCUT2D eigenvalue weighted by molar-refractivity contribution is 0.102. The van der Waals surface area contributed by atoms with Crippen molar-refractivity contribution in [1.82, 2.24) is 9.55 Å². The van der Waals surface area contributed by atoms with E-state index in [4.69, 9.17) is 9.72 Å². The third-order valence-electron chi connectivity index (χ3n) is 4.14. The van der Waals surface area contributed by atoms with E-state index in [0.29, 0.717) is 0 Å². The van der Waals surface area contributed by atoms with Crippen molar-refractivity contribution in [3.63, 3.8) is 0 Å². The number of imidazole rings is 1. The normalized spacial score (nSPS) is 18.9. The molecule has 1 unspecified atom stereocenters. The highest BCUT2D eigenvalue weighted by atomic mass is 16.5. The smallest absolute Gasteiger partial charge is 0.139 e. The van der Waals surface area contributed by atoms with Crippen molar-refractivity contribution in [2.24, 2.45) is 0 Å². The summed E-state index contributed by atoms with van der Waals surface area (Å²) in [6.07, 6.45) is 7.60. The van der Waals surface area contributed by atoms with Crippen LogP contribution < -0.4 is 0 Å². The fourth-order valence-corrected chi connectivity index (χ4v) is 3.05. The van der Waals surface area contributed by atoms with Gasteiger partial charge in [-0.3, -0.25) is 0 Å². The summed E-state index contributed by atoms with van der Waals surface area (Å²) in [4.78, 5) is 4.83. The second-order valence-corrected chi connectivity index (χ2v) is 5.67. The Kier molecular flexibility index (Phi) is 4.36. The molecule has 0 spiro atoms. The van der Waals surface area contributed by atoms with Crippen LogP contribution in [0, 0.1) is 0 Å². The molecule has 1 saturated heterocycles. The van der Waals surface area contributed by atoms with Crippen LogP contribution in [0.15, 0.2) is 24.3 Å². The maximum atomic E-state index is 5.85. The summed E-state index contributed by atoms with van der Waals surface area (Å²) >= 11 is 0. The number of benzene rings is 1. The number of rotatable bonds is 6. The average molecular weight is 272 g/mol. The maximum absolute atomic E-state index is 5.85. The molecule has 0 N–H and O–H groups in total. The number of ether oxygens (including phenoxy) is 1. The number of unbranched alkanes of at least 4 members (excludes halogenated alkanes) is 3. The summed E-state index contributed by atoms with van der Waals surface area (Å²) in [7, 11) is 0. The lowest BCUT2D eigenvalue weighted by Crippen LogP contribution is -2.09. The van der Waals surface area contributed by atoms with Crippen molar-refractivity contribution in [2.45, 2.75) is 58.1 Å². The minimum absolute atomic E-state index is 0.202. The van der Waals surface area contributed by atoms with E-state index < -0.39 is 0 Å². The zero-order valence-corrected chi connectivity index (χ0v) is 12.3. The van der Waals surface area contributed by atoms with Gasteiger partial charge in [0.25, 0.3) is 0 Å². The van der Waals surface area contributed by atoms with Crippen LogP contribution in [0.25, 0.3) is 11.0 Å². The quantitative estimate of drug-likeness (QED) is 0.725. The largest absolute Gasteiger partial charge is 0.370 e. The Morgan fingerprint density at radius 3 is 2.95 bits per heavy atom. The molecule has 108 valence electrons. The van der Waals surface area contributed by atoms with Gasteiger partial charge in [-0.2, -0.15) is 0 Å². The van der Waals surface area contributed by atoms with Crippen LogP contribution in [0.1, 0.15) is 57.4 Å². The second-order valence-electron chi connectivity index (χ2n) is 5.67. The van der Waals surface area contributed by atoms with Crippen LogP contribution in [0.2, 0.25) is 0 Å². The fraction of sp³-hybridized carbons (Fsp3) is 0.588. The van der Waals surface area contributed by atoms with Crippen LogP contribution >= 0.6 is 0 Å². The predicted octanol–water partition coefficient (Wildman–Crippen LogP) is 4.47. The van der Waals surface area contributed by atoms with Crippen LogP contribution in [-0.2, 0) is 11.3 Å². The molecule has 2 heterocycles. The molecule has 1 aromatic carbocycles. The van der Waals surface area contributed by atoms with Gasteiger partial charge in [-0.25, -0.2) is 4.98 Å². The van der Waals surface area contributed by atoms with E-state index in [0.717, 1.165) is 37.3 Å². The van der Waals surface area contributed by atoms with Gasteiger partial charge in [0.1, 0.15) is 11.9 Å². The molecule has 20 heavy (non-hydrogen) atoms. The summed E-state index contributed by atoms with van der Waals surface area (Å²) < 4.78 is 8.24. The first-order chi connectivity index (χ1) is 9.90. The number of hydrogen-bond acceptors (Lipinski definition) is 2. The minimum atomic E-state index is 0.202. The van der Waals surface area contributed by atoms with Crippen LogP contribution in [-0.4, -0.2) is 16.2 Å². The van der Waals surface area contributed by atoms with Crippen molar-refractivity contribution in [3.05, 3.63) is 30.1 Å². The van der Waals surface area contributed by atoms with E-state index in [1.165, 1.54) is 31.2 Å². The number of hydrogen-bond donors (Lipinski definition) is 0. The van der Waals surface area contributed by atoms with Gasteiger partial charge in [0.2, 0.25) is 0 Å². The van der Waals surface area contributed by atoms with Crippen LogP contribution in [0.4, 0.5) is 0 Å². The van der Waals surface area contributed by atoms with Gasteiger partial charge in [0.05, 0.1) is 11.0 Å². The molecule has 1 aromatic heterocycles. The summed E-state index contributed by atoms with van der Waals surface area (Å²) in [5.41, 5.74) is 2.36. The molecule has 1 aliphatic heterocycles. The third-order valence-corrected chi connectivity index (χ3v) is 4.14. The van der Waals surface area contributed by atoms with Gasteiger partial charge in [0, 0.05) is 13.2 Å². The summed E-state index contributed by atoms with van der Waals surface area (Å²) in [5, 5.41) is 0. The maximum Gasteiger partial charge on any atom is 0.139 e.